The first-order chi connectivity index (χ1) is 11.6. The first-order valence-electron chi connectivity index (χ1n) is 9.08. The van der Waals surface area contributed by atoms with Gasteiger partial charge in [-0.3, -0.25) is 9.59 Å². The molecular formula is C21H26O3. The molecule has 0 bridgehead atoms. The van der Waals surface area contributed by atoms with Crippen molar-refractivity contribution in [2.24, 2.45) is 5.92 Å². The van der Waals surface area contributed by atoms with E-state index >= 15 is 0 Å². The summed E-state index contributed by atoms with van der Waals surface area (Å²) >= 11 is 0. The summed E-state index contributed by atoms with van der Waals surface area (Å²) in [6.07, 6.45) is 5.59. The van der Waals surface area contributed by atoms with Gasteiger partial charge >= 0.3 is 0 Å². The summed E-state index contributed by atoms with van der Waals surface area (Å²) in [4.78, 5) is 24.2. The van der Waals surface area contributed by atoms with E-state index in [0.717, 1.165) is 49.0 Å². The molecule has 3 nitrogen and oxygen atoms in total. The third-order valence-corrected chi connectivity index (χ3v) is 5.24. The van der Waals surface area contributed by atoms with E-state index in [1.54, 1.807) is 0 Å². The third-order valence-electron chi connectivity index (χ3n) is 5.24. The predicted molar refractivity (Wildman–Crippen MR) is 93.9 cm³/mol. The number of hydrogen-bond acceptors (Lipinski definition) is 3. The van der Waals surface area contributed by atoms with Crippen LogP contribution < -0.4 is 0 Å². The van der Waals surface area contributed by atoms with Crippen LogP contribution >= 0.6 is 0 Å². The molecule has 0 saturated heterocycles. The molecule has 0 spiro atoms. The lowest BCUT2D eigenvalue weighted by Gasteiger charge is -2.20. The molecule has 1 atom stereocenters. The van der Waals surface area contributed by atoms with Crippen molar-refractivity contribution in [1.29, 1.82) is 0 Å². The molecule has 1 aromatic carbocycles. The summed E-state index contributed by atoms with van der Waals surface area (Å²) in [6, 6.07) is 6.19. The maximum atomic E-state index is 12.6. The molecule has 24 heavy (non-hydrogen) atoms. The molecule has 0 saturated carbocycles. The minimum absolute atomic E-state index is 0.00856. The number of rotatable bonds is 6. The largest absolute Gasteiger partial charge is 0.498 e. The van der Waals surface area contributed by atoms with E-state index < -0.39 is 0 Å². The van der Waals surface area contributed by atoms with E-state index in [1.165, 1.54) is 11.1 Å². The maximum absolute atomic E-state index is 12.6. The molecule has 2 aliphatic rings. The molecule has 3 rings (SSSR count). The first-order valence-corrected chi connectivity index (χ1v) is 9.08. The second-order valence-electron chi connectivity index (χ2n) is 6.99. The normalized spacial score (nSPS) is 20.5. The molecule has 1 unspecified atom stereocenters. The van der Waals surface area contributed by atoms with Crippen molar-refractivity contribution in [3.63, 3.8) is 0 Å². The quantitative estimate of drug-likeness (QED) is 0.743. The molecule has 0 heterocycles. The average Bonchev–Trinajstić information content (AvgIpc) is 2.83. The lowest BCUT2D eigenvalue weighted by Crippen LogP contribution is -2.18. The highest BCUT2D eigenvalue weighted by Crippen LogP contribution is 2.33. The lowest BCUT2D eigenvalue weighted by molar-refractivity contribution is -0.119. The topological polar surface area (TPSA) is 43.4 Å². The molecule has 3 heteroatoms. The first kappa shape index (κ1) is 16.9. The molecule has 2 aliphatic carbocycles. The number of hydrogen-bond donors (Lipinski definition) is 0. The van der Waals surface area contributed by atoms with Gasteiger partial charge in [-0.25, -0.2) is 0 Å². The van der Waals surface area contributed by atoms with Crippen LogP contribution in [0.5, 0.6) is 0 Å². The number of ether oxygens (including phenoxy) is 1. The second-order valence-corrected chi connectivity index (χ2v) is 6.99. The SMILES string of the molecule is CCCCOC1=C(C)C(=O)C(Cc2cccc3c2CCC(=O)C3)C1. The molecule has 0 N–H and O–H groups in total. The number of carbonyl (C=O) groups is 2. The van der Waals surface area contributed by atoms with Crippen molar-refractivity contribution in [2.75, 3.05) is 6.61 Å². The van der Waals surface area contributed by atoms with Crippen molar-refractivity contribution in [3.8, 4) is 0 Å². The van der Waals surface area contributed by atoms with E-state index in [2.05, 4.69) is 19.1 Å². The van der Waals surface area contributed by atoms with Gasteiger partial charge in [0.1, 0.15) is 11.5 Å². The van der Waals surface area contributed by atoms with Gasteiger partial charge in [0.15, 0.2) is 5.78 Å². The van der Waals surface area contributed by atoms with E-state index in [0.29, 0.717) is 25.2 Å². The van der Waals surface area contributed by atoms with Crippen molar-refractivity contribution in [3.05, 3.63) is 46.2 Å². The highest BCUT2D eigenvalue weighted by molar-refractivity contribution is 5.99. The zero-order chi connectivity index (χ0) is 17.1. The Morgan fingerprint density at radius 3 is 2.83 bits per heavy atom. The monoisotopic (exact) mass is 326 g/mol. The highest BCUT2D eigenvalue weighted by Gasteiger charge is 2.32. The summed E-state index contributed by atoms with van der Waals surface area (Å²) in [5, 5.41) is 0. The van der Waals surface area contributed by atoms with Crippen LogP contribution in [0, 0.1) is 5.92 Å². The van der Waals surface area contributed by atoms with Crippen LogP contribution in [0.2, 0.25) is 0 Å². The molecule has 0 aliphatic heterocycles. The van der Waals surface area contributed by atoms with Crippen molar-refractivity contribution in [1.82, 2.24) is 0 Å². The number of ketones is 2. The smallest absolute Gasteiger partial charge is 0.165 e. The molecule has 0 radical (unpaired) electrons. The van der Waals surface area contributed by atoms with Gasteiger partial charge in [0.25, 0.3) is 0 Å². The molecule has 0 amide bonds. The Bertz CT molecular complexity index is 684. The Morgan fingerprint density at radius 1 is 1.21 bits per heavy atom. The summed E-state index contributed by atoms with van der Waals surface area (Å²) in [5.74, 6) is 1.43. The van der Waals surface area contributed by atoms with E-state index in [4.69, 9.17) is 4.74 Å². The lowest BCUT2D eigenvalue weighted by atomic mass is 9.84. The van der Waals surface area contributed by atoms with Crippen LogP contribution in [-0.4, -0.2) is 18.2 Å². The zero-order valence-corrected chi connectivity index (χ0v) is 14.7. The number of allylic oxidation sites excluding steroid dienone is 2. The van der Waals surface area contributed by atoms with E-state index in [9.17, 15) is 9.59 Å². The Morgan fingerprint density at radius 2 is 2.04 bits per heavy atom. The Balaban J connectivity index is 1.71. The fourth-order valence-electron chi connectivity index (χ4n) is 3.78. The van der Waals surface area contributed by atoms with Gasteiger partial charge in [-0.15, -0.1) is 0 Å². The maximum Gasteiger partial charge on any atom is 0.165 e. The Labute approximate surface area is 144 Å². The Kier molecular flexibility index (Phi) is 5.17. The van der Waals surface area contributed by atoms with Gasteiger partial charge in [-0.05, 0) is 42.9 Å². The molecule has 0 aromatic heterocycles. The average molecular weight is 326 g/mol. The summed E-state index contributed by atoms with van der Waals surface area (Å²) in [5.41, 5.74) is 4.48. The summed E-state index contributed by atoms with van der Waals surface area (Å²) in [6.45, 7) is 4.73. The summed E-state index contributed by atoms with van der Waals surface area (Å²) in [7, 11) is 0. The van der Waals surface area contributed by atoms with Crippen LogP contribution in [0.3, 0.4) is 0 Å². The predicted octanol–water partition coefficient (Wildman–Crippen LogP) is 3.97. The van der Waals surface area contributed by atoms with Gasteiger partial charge in [-0.1, -0.05) is 31.5 Å². The standard InChI is InChI=1S/C21H26O3/c1-3-4-10-24-20-13-17(21(23)14(20)2)11-15-6-5-7-16-12-18(22)8-9-19(15)16/h5-7,17H,3-4,8-13H2,1-2H3. The number of fused-ring (bicyclic) bond motifs is 1. The van der Waals surface area contributed by atoms with Gasteiger partial charge in [-0.2, -0.15) is 0 Å². The summed E-state index contributed by atoms with van der Waals surface area (Å²) < 4.78 is 5.83. The van der Waals surface area contributed by atoms with Crippen LogP contribution in [0.15, 0.2) is 29.5 Å². The van der Waals surface area contributed by atoms with Crippen molar-refractivity contribution in [2.45, 2.75) is 58.8 Å². The van der Waals surface area contributed by atoms with Crippen molar-refractivity contribution >= 4 is 11.6 Å². The minimum Gasteiger partial charge on any atom is -0.498 e. The van der Waals surface area contributed by atoms with Gasteiger partial charge in [0, 0.05) is 30.8 Å². The van der Waals surface area contributed by atoms with Crippen LogP contribution in [-0.2, 0) is 33.6 Å². The molecule has 1 aromatic rings. The highest BCUT2D eigenvalue weighted by atomic mass is 16.5. The van der Waals surface area contributed by atoms with Crippen LogP contribution in [0.4, 0.5) is 0 Å². The number of unbranched alkanes of at least 4 members (excludes halogenated alkanes) is 1. The number of carbonyl (C=O) groups excluding carboxylic acids is 2. The van der Waals surface area contributed by atoms with Crippen LogP contribution in [0.1, 0.15) is 56.2 Å². The number of benzene rings is 1. The third kappa shape index (κ3) is 3.45. The van der Waals surface area contributed by atoms with Gasteiger partial charge in [0.2, 0.25) is 0 Å². The molecule has 0 fully saturated rings. The fourth-order valence-corrected chi connectivity index (χ4v) is 3.78. The Hall–Kier alpha value is -1.90. The number of Topliss-reactive ketones (excluding diaryl/α,β-unsaturated/α-hetero) is 2. The van der Waals surface area contributed by atoms with Crippen molar-refractivity contribution < 1.29 is 14.3 Å². The molecular weight excluding hydrogens is 300 g/mol. The van der Waals surface area contributed by atoms with Crippen LogP contribution in [0.25, 0.3) is 0 Å². The molecule has 128 valence electrons. The van der Waals surface area contributed by atoms with Gasteiger partial charge < -0.3 is 4.74 Å². The minimum atomic E-state index is -0.00856. The fraction of sp³-hybridized carbons (Fsp3) is 0.524. The van der Waals surface area contributed by atoms with E-state index in [1.807, 2.05) is 13.0 Å². The van der Waals surface area contributed by atoms with Gasteiger partial charge in [0.05, 0.1) is 6.61 Å². The zero-order valence-electron chi connectivity index (χ0n) is 14.7. The second kappa shape index (κ2) is 7.33. The van der Waals surface area contributed by atoms with E-state index in [-0.39, 0.29) is 11.7 Å².